The van der Waals surface area contributed by atoms with Gasteiger partial charge < -0.3 is 4.42 Å². The highest BCUT2D eigenvalue weighted by Gasteiger charge is 2.41. The summed E-state index contributed by atoms with van der Waals surface area (Å²) in [5, 5.41) is 8.56. The first-order valence-electron chi connectivity index (χ1n) is 15.3. The lowest BCUT2D eigenvalue weighted by Crippen LogP contribution is -2.21. The number of nitrogens with zero attached hydrogens (tertiary/aromatic N) is 1. The van der Waals surface area contributed by atoms with Crippen molar-refractivity contribution in [2.45, 2.75) is 32.1 Å². The predicted octanol–water partition coefficient (Wildman–Crippen LogP) is 11.5. The Labute approximate surface area is 250 Å². The third kappa shape index (κ3) is 3.69. The van der Waals surface area contributed by atoms with E-state index >= 15 is 0 Å². The van der Waals surface area contributed by atoms with Crippen LogP contribution in [0.3, 0.4) is 0 Å². The smallest absolute Gasteiger partial charge is 0.143 e. The fraction of sp³-hybridized carbons (Fsp3) is 0.146. The van der Waals surface area contributed by atoms with Crippen molar-refractivity contribution < 1.29 is 4.42 Å². The highest BCUT2D eigenvalue weighted by atomic mass is 16.3. The molecule has 2 heterocycles. The van der Waals surface area contributed by atoms with Crippen molar-refractivity contribution in [1.29, 1.82) is 0 Å². The lowest BCUT2D eigenvalue weighted by atomic mass is 9.77. The van der Waals surface area contributed by atoms with Gasteiger partial charge in [-0.2, -0.15) is 0 Å². The van der Waals surface area contributed by atoms with Gasteiger partial charge in [0.2, 0.25) is 0 Å². The summed E-state index contributed by atoms with van der Waals surface area (Å²) in [4.78, 5) is 5.61. The van der Waals surface area contributed by atoms with E-state index in [1.54, 1.807) is 0 Å². The van der Waals surface area contributed by atoms with Crippen LogP contribution in [0.1, 0.15) is 32.3 Å². The molecule has 0 atom stereocenters. The second-order valence-electron chi connectivity index (χ2n) is 12.7. The zero-order valence-corrected chi connectivity index (χ0v) is 24.4. The average Bonchev–Trinajstić information content (AvgIpc) is 3.86. The van der Waals surface area contributed by atoms with Gasteiger partial charge in [-0.15, -0.1) is 0 Å². The molecule has 0 saturated heterocycles. The molecule has 0 bridgehead atoms. The molecule has 0 aliphatic heterocycles. The first-order valence-corrected chi connectivity index (χ1v) is 15.3. The number of hydrogen-bond donors (Lipinski definition) is 0. The zero-order valence-electron chi connectivity index (χ0n) is 24.4. The van der Waals surface area contributed by atoms with E-state index in [9.17, 15) is 0 Å². The Morgan fingerprint density at radius 3 is 1.95 bits per heavy atom. The monoisotopic (exact) mass is 553 g/mol. The molecule has 1 saturated carbocycles. The van der Waals surface area contributed by atoms with Crippen LogP contribution in [0, 0.1) is 5.92 Å². The van der Waals surface area contributed by atoms with Gasteiger partial charge in [-0.1, -0.05) is 117 Å². The lowest BCUT2D eigenvalue weighted by molar-refractivity contribution is 0.455. The van der Waals surface area contributed by atoms with Gasteiger partial charge in [-0.3, -0.25) is 0 Å². The van der Waals surface area contributed by atoms with Crippen LogP contribution in [0.5, 0.6) is 0 Å². The maximum absolute atomic E-state index is 6.43. The van der Waals surface area contributed by atoms with E-state index in [4.69, 9.17) is 9.40 Å². The number of fused-ring (bicyclic) bond motifs is 9. The predicted molar refractivity (Wildman–Crippen MR) is 181 cm³/mol. The van der Waals surface area contributed by atoms with E-state index in [1.165, 1.54) is 45.3 Å². The minimum Gasteiger partial charge on any atom is -0.455 e. The summed E-state index contributed by atoms with van der Waals surface area (Å²) in [5.74, 6) is 0.671. The van der Waals surface area contributed by atoms with Crippen LogP contribution in [0.2, 0.25) is 0 Å². The second-order valence-corrected chi connectivity index (χ2v) is 12.7. The number of furan rings is 1. The van der Waals surface area contributed by atoms with Crippen LogP contribution >= 0.6 is 0 Å². The topological polar surface area (TPSA) is 26.0 Å². The minimum atomic E-state index is 0.0119. The molecule has 9 rings (SSSR count). The fourth-order valence-electron chi connectivity index (χ4n) is 7.35. The number of hydrogen-bond acceptors (Lipinski definition) is 2. The molecule has 6 aromatic carbocycles. The number of aromatic nitrogens is 1. The van der Waals surface area contributed by atoms with E-state index in [1.807, 2.05) is 6.07 Å². The Kier molecular flexibility index (Phi) is 5.17. The van der Waals surface area contributed by atoms with Crippen LogP contribution in [-0.4, -0.2) is 4.98 Å². The molecule has 1 aliphatic rings. The van der Waals surface area contributed by atoms with Crippen molar-refractivity contribution in [3.05, 3.63) is 127 Å². The van der Waals surface area contributed by atoms with E-state index in [2.05, 4.69) is 129 Å². The summed E-state index contributed by atoms with van der Waals surface area (Å²) in [5.41, 5.74) is 8.76. The van der Waals surface area contributed by atoms with Crippen molar-refractivity contribution in [2.24, 2.45) is 5.92 Å². The fourth-order valence-corrected chi connectivity index (χ4v) is 7.35. The van der Waals surface area contributed by atoms with Crippen LogP contribution in [0.25, 0.3) is 76.8 Å². The largest absolute Gasteiger partial charge is 0.455 e. The second kappa shape index (κ2) is 9.02. The van der Waals surface area contributed by atoms with Crippen LogP contribution in [0.15, 0.2) is 126 Å². The van der Waals surface area contributed by atoms with Crippen LogP contribution in [-0.2, 0) is 5.41 Å². The summed E-state index contributed by atoms with van der Waals surface area (Å²) >= 11 is 0. The quantitative estimate of drug-likeness (QED) is 0.203. The molecule has 2 nitrogen and oxygen atoms in total. The Hall–Kier alpha value is -4.95. The number of benzene rings is 6. The normalized spacial score (nSPS) is 14.0. The van der Waals surface area contributed by atoms with E-state index < -0.39 is 0 Å². The Morgan fingerprint density at radius 2 is 1.19 bits per heavy atom. The number of pyridine rings is 1. The maximum Gasteiger partial charge on any atom is 0.143 e. The van der Waals surface area contributed by atoms with Gasteiger partial charge in [0.1, 0.15) is 11.2 Å². The van der Waals surface area contributed by atoms with Gasteiger partial charge in [0, 0.05) is 32.7 Å². The molecule has 1 fully saturated rings. The van der Waals surface area contributed by atoms with Crippen molar-refractivity contribution >= 4 is 54.4 Å². The molecule has 43 heavy (non-hydrogen) atoms. The van der Waals surface area contributed by atoms with Crippen molar-refractivity contribution in [2.75, 3.05) is 0 Å². The molecule has 0 radical (unpaired) electrons. The van der Waals surface area contributed by atoms with Gasteiger partial charge in [0.25, 0.3) is 0 Å². The first kappa shape index (κ1) is 24.6. The molecule has 2 aromatic heterocycles. The van der Waals surface area contributed by atoms with Gasteiger partial charge in [-0.25, -0.2) is 4.98 Å². The summed E-state index contributed by atoms with van der Waals surface area (Å²) in [6, 6.07) is 43.7. The van der Waals surface area contributed by atoms with Crippen molar-refractivity contribution in [3.8, 4) is 22.4 Å². The van der Waals surface area contributed by atoms with Crippen molar-refractivity contribution in [3.63, 3.8) is 0 Å². The number of rotatable bonds is 4. The molecule has 8 aromatic rings. The van der Waals surface area contributed by atoms with Gasteiger partial charge in [0.15, 0.2) is 0 Å². The Bertz CT molecular complexity index is 2390. The van der Waals surface area contributed by atoms with E-state index in [-0.39, 0.29) is 5.41 Å². The summed E-state index contributed by atoms with van der Waals surface area (Å²) in [6.45, 7) is 4.83. The summed E-state index contributed by atoms with van der Waals surface area (Å²) in [6.07, 6.45) is 2.55. The SMILES string of the molecule is CC(C)(c1cc2c3ccccc3c3ccccc3c2nc1-c1cccc(-c2cccc3c2oc2ccccc23)c1)C1CC1. The maximum atomic E-state index is 6.43. The first-order chi connectivity index (χ1) is 21.1. The highest BCUT2D eigenvalue weighted by Crippen LogP contribution is 2.50. The molecule has 0 N–H and O–H groups in total. The minimum absolute atomic E-state index is 0.0119. The van der Waals surface area contributed by atoms with E-state index in [0.717, 1.165) is 49.8 Å². The Balaban J connectivity index is 1.33. The van der Waals surface area contributed by atoms with Gasteiger partial charge in [-0.05, 0) is 69.7 Å². The standard InChI is InChI=1S/C41H31NO/c1-41(2,27-21-22-27)36-24-35-31-15-4-3-13-29(31)30-14-5-6-17-33(30)39(35)42-38(36)26-12-9-11-25(23-26)28-18-10-19-34-32-16-7-8-20-37(32)43-40(28)34/h3-20,23-24,27H,21-22H2,1-2H3. The number of para-hydroxylation sites is 2. The highest BCUT2D eigenvalue weighted by molar-refractivity contribution is 6.24. The molecule has 0 unspecified atom stereocenters. The molecule has 206 valence electrons. The molecule has 0 spiro atoms. The van der Waals surface area contributed by atoms with Gasteiger partial charge in [0.05, 0.1) is 11.2 Å². The lowest BCUT2D eigenvalue weighted by Gasteiger charge is -2.28. The molecule has 1 aliphatic carbocycles. The van der Waals surface area contributed by atoms with Crippen LogP contribution < -0.4 is 0 Å². The Morgan fingerprint density at radius 1 is 0.581 bits per heavy atom. The van der Waals surface area contributed by atoms with Crippen LogP contribution in [0.4, 0.5) is 0 Å². The van der Waals surface area contributed by atoms with Crippen molar-refractivity contribution in [1.82, 2.24) is 4.98 Å². The molecular weight excluding hydrogens is 522 g/mol. The van der Waals surface area contributed by atoms with E-state index in [0.29, 0.717) is 5.92 Å². The molecular formula is C41H31NO. The summed E-state index contributed by atoms with van der Waals surface area (Å²) < 4.78 is 6.43. The summed E-state index contributed by atoms with van der Waals surface area (Å²) in [7, 11) is 0. The zero-order chi connectivity index (χ0) is 28.7. The average molecular weight is 554 g/mol. The third-order valence-corrected chi connectivity index (χ3v) is 9.86. The molecule has 2 heteroatoms. The third-order valence-electron chi connectivity index (χ3n) is 9.86. The van der Waals surface area contributed by atoms with Gasteiger partial charge >= 0.3 is 0 Å². The molecule has 0 amide bonds.